The van der Waals surface area contributed by atoms with Gasteiger partial charge in [0.15, 0.2) is 0 Å². The second-order valence-electron chi connectivity index (χ2n) is 6.30. The number of rotatable bonds is 2. The molecule has 2 saturated heterocycles. The van der Waals surface area contributed by atoms with Crippen molar-refractivity contribution in [3.8, 4) is 0 Å². The Morgan fingerprint density at radius 2 is 1.58 bits per heavy atom. The molecule has 0 spiro atoms. The van der Waals surface area contributed by atoms with Crippen LogP contribution in [0.1, 0.15) is 5.56 Å². The topological polar surface area (TPSA) is 59.0 Å². The van der Waals surface area contributed by atoms with E-state index < -0.39 is 11.8 Å². The summed E-state index contributed by atoms with van der Waals surface area (Å²) in [6.07, 6.45) is 4.77. The van der Waals surface area contributed by atoms with Crippen LogP contribution in [0.4, 0.5) is 0 Å². The third-order valence-electron chi connectivity index (χ3n) is 5.02. The molecule has 0 saturated carbocycles. The molecule has 3 aliphatic rings. The Kier molecular flexibility index (Phi) is 2.76. The van der Waals surface area contributed by atoms with Crippen molar-refractivity contribution >= 4 is 28.8 Å². The smallest absolute Gasteiger partial charge is 0.256 e. The third-order valence-corrected chi connectivity index (χ3v) is 5.02. The maximum absolute atomic E-state index is 12.5. The fourth-order valence-corrected chi connectivity index (χ4v) is 3.88. The van der Waals surface area contributed by atoms with Crippen LogP contribution >= 0.6 is 0 Å². The predicted octanol–water partition coefficient (Wildman–Crippen LogP) is 2.11. The van der Waals surface area contributed by atoms with Crippen LogP contribution in [0.3, 0.4) is 0 Å². The summed E-state index contributed by atoms with van der Waals surface area (Å²) < 4.78 is 5.62. The van der Waals surface area contributed by atoms with Crippen molar-refractivity contribution < 1.29 is 14.3 Å². The Hall–Kier alpha value is -2.79. The van der Waals surface area contributed by atoms with Gasteiger partial charge < -0.3 is 4.74 Å². The second-order valence-corrected chi connectivity index (χ2v) is 6.30. The van der Waals surface area contributed by atoms with E-state index in [0.717, 1.165) is 21.3 Å². The van der Waals surface area contributed by atoms with Crippen LogP contribution < -0.4 is 0 Å². The number of hydrazone groups is 1. The van der Waals surface area contributed by atoms with Crippen molar-refractivity contribution in [1.29, 1.82) is 0 Å². The maximum Gasteiger partial charge on any atom is 0.256 e. The molecule has 2 bridgehead atoms. The minimum Gasteiger partial charge on any atom is -0.365 e. The van der Waals surface area contributed by atoms with E-state index in [9.17, 15) is 9.59 Å². The van der Waals surface area contributed by atoms with E-state index >= 15 is 0 Å². The SMILES string of the molecule is O=C1C2C3C=CC(O3)C2C(=O)N1N=Cc1cccc2ccccc12. The van der Waals surface area contributed by atoms with Crippen molar-refractivity contribution in [2.24, 2.45) is 16.9 Å². The molecule has 2 aromatic carbocycles. The zero-order valence-electron chi connectivity index (χ0n) is 12.7. The molecule has 24 heavy (non-hydrogen) atoms. The number of carbonyl (C=O) groups excluding carboxylic acids is 2. The fraction of sp³-hybridized carbons (Fsp3) is 0.211. The number of hydrogen-bond acceptors (Lipinski definition) is 4. The Morgan fingerprint density at radius 1 is 0.917 bits per heavy atom. The Balaban J connectivity index is 1.49. The van der Waals surface area contributed by atoms with Gasteiger partial charge in [0.05, 0.1) is 30.3 Å². The number of hydrogen-bond donors (Lipinski definition) is 0. The summed E-state index contributed by atoms with van der Waals surface area (Å²) in [7, 11) is 0. The number of ether oxygens (including phenoxy) is 1. The van der Waals surface area contributed by atoms with Crippen molar-refractivity contribution in [1.82, 2.24) is 5.01 Å². The highest BCUT2D eigenvalue weighted by atomic mass is 16.5. The van der Waals surface area contributed by atoms with Crippen LogP contribution in [0.15, 0.2) is 59.7 Å². The van der Waals surface area contributed by atoms with Crippen LogP contribution in [0.5, 0.6) is 0 Å². The zero-order chi connectivity index (χ0) is 16.3. The van der Waals surface area contributed by atoms with E-state index in [2.05, 4.69) is 5.10 Å². The van der Waals surface area contributed by atoms with Crippen LogP contribution in [-0.4, -0.2) is 35.2 Å². The van der Waals surface area contributed by atoms with Crippen molar-refractivity contribution in [3.05, 3.63) is 60.2 Å². The molecule has 0 aromatic heterocycles. The standard InChI is InChI=1S/C19H14N2O3/c22-18-16-14-8-9-15(24-14)17(16)19(23)21(18)20-10-12-6-3-5-11-4-1-2-7-13(11)12/h1-10,14-17H. The zero-order valence-corrected chi connectivity index (χ0v) is 12.7. The molecule has 3 aliphatic heterocycles. The Labute approximate surface area is 138 Å². The number of benzene rings is 2. The molecular formula is C19H14N2O3. The highest BCUT2D eigenvalue weighted by Gasteiger charge is 2.61. The second kappa shape index (κ2) is 4.85. The molecule has 2 fully saturated rings. The lowest BCUT2D eigenvalue weighted by molar-refractivity contribution is -0.142. The van der Waals surface area contributed by atoms with Gasteiger partial charge in [-0.05, 0) is 10.8 Å². The summed E-state index contributed by atoms with van der Waals surface area (Å²) in [6, 6.07) is 13.8. The van der Waals surface area contributed by atoms with Crippen molar-refractivity contribution in [2.45, 2.75) is 12.2 Å². The number of amides is 2. The van der Waals surface area contributed by atoms with Crippen LogP contribution in [0.25, 0.3) is 10.8 Å². The first-order chi connectivity index (χ1) is 11.7. The molecule has 5 nitrogen and oxygen atoms in total. The molecule has 4 atom stereocenters. The average molecular weight is 318 g/mol. The van der Waals surface area contributed by atoms with E-state index in [-0.39, 0.29) is 24.0 Å². The average Bonchev–Trinajstić information content (AvgIpc) is 3.28. The summed E-state index contributed by atoms with van der Waals surface area (Å²) in [5.74, 6) is -1.37. The lowest BCUT2D eigenvalue weighted by atomic mass is 9.85. The van der Waals surface area contributed by atoms with Gasteiger partial charge in [-0.25, -0.2) is 0 Å². The highest BCUT2D eigenvalue weighted by molar-refractivity contribution is 6.08. The van der Waals surface area contributed by atoms with Gasteiger partial charge in [-0.2, -0.15) is 10.1 Å². The maximum atomic E-state index is 12.5. The molecule has 118 valence electrons. The monoisotopic (exact) mass is 318 g/mol. The van der Waals surface area contributed by atoms with E-state index in [1.54, 1.807) is 6.21 Å². The molecule has 4 unspecified atom stereocenters. The Bertz CT molecular complexity index is 898. The molecule has 0 aliphatic carbocycles. The first kappa shape index (κ1) is 13.6. The van der Waals surface area contributed by atoms with Crippen LogP contribution in [0, 0.1) is 11.8 Å². The van der Waals surface area contributed by atoms with Gasteiger partial charge in [0, 0.05) is 5.56 Å². The van der Waals surface area contributed by atoms with E-state index in [1.165, 1.54) is 0 Å². The molecular weight excluding hydrogens is 304 g/mol. The first-order valence-corrected chi connectivity index (χ1v) is 7.97. The van der Waals surface area contributed by atoms with Gasteiger partial charge in [-0.3, -0.25) is 9.59 Å². The minimum atomic E-state index is -0.419. The molecule has 2 aromatic rings. The predicted molar refractivity (Wildman–Crippen MR) is 88.2 cm³/mol. The normalized spacial score (nSPS) is 30.9. The van der Waals surface area contributed by atoms with Gasteiger partial charge in [-0.1, -0.05) is 54.6 Å². The summed E-state index contributed by atoms with van der Waals surface area (Å²) in [5, 5.41) is 7.36. The van der Waals surface area contributed by atoms with Crippen molar-refractivity contribution in [2.75, 3.05) is 0 Å². The number of fused-ring (bicyclic) bond motifs is 6. The lowest BCUT2D eigenvalue weighted by Gasteiger charge is -2.11. The molecule has 0 radical (unpaired) electrons. The summed E-state index contributed by atoms with van der Waals surface area (Å²) in [4.78, 5) is 25.1. The highest BCUT2D eigenvalue weighted by Crippen LogP contribution is 2.45. The lowest BCUT2D eigenvalue weighted by Crippen LogP contribution is -2.30. The summed E-state index contributed by atoms with van der Waals surface area (Å²) in [6.45, 7) is 0. The summed E-state index contributed by atoms with van der Waals surface area (Å²) >= 11 is 0. The minimum absolute atomic E-state index is 0.265. The number of carbonyl (C=O) groups is 2. The van der Waals surface area contributed by atoms with Crippen molar-refractivity contribution in [3.63, 3.8) is 0 Å². The molecule has 0 N–H and O–H groups in total. The van der Waals surface area contributed by atoms with Gasteiger partial charge in [0.25, 0.3) is 11.8 Å². The number of nitrogens with zero attached hydrogens (tertiary/aromatic N) is 2. The summed E-state index contributed by atoms with van der Waals surface area (Å²) in [5.41, 5.74) is 0.878. The van der Waals surface area contributed by atoms with Crippen LogP contribution in [0.2, 0.25) is 0 Å². The van der Waals surface area contributed by atoms with Crippen LogP contribution in [-0.2, 0) is 14.3 Å². The quantitative estimate of drug-likeness (QED) is 0.484. The molecule has 5 heteroatoms. The molecule has 3 heterocycles. The van der Waals surface area contributed by atoms with Gasteiger partial charge >= 0.3 is 0 Å². The van der Waals surface area contributed by atoms with E-state index in [0.29, 0.717) is 0 Å². The van der Waals surface area contributed by atoms with Gasteiger partial charge in [0.2, 0.25) is 0 Å². The molecule has 2 amide bonds. The fourth-order valence-electron chi connectivity index (χ4n) is 3.88. The van der Waals surface area contributed by atoms with Gasteiger partial charge in [-0.15, -0.1) is 0 Å². The van der Waals surface area contributed by atoms with E-state index in [1.807, 2.05) is 54.6 Å². The largest absolute Gasteiger partial charge is 0.365 e. The van der Waals surface area contributed by atoms with Gasteiger partial charge in [0.1, 0.15) is 0 Å². The first-order valence-electron chi connectivity index (χ1n) is 7.97. The van der Waals surface area contributed by atoms with E-state index in [4.69, 9.17) is 4.74 Å². The molecule has 5 rings (SSSR count). The number of imide groups is 1. The third kappa shape index (κ3) is 1.76. The Morgan fingerprint density at radius 3 is 2.33 bits per heavy atom.